The molecule has 2 amide bonds. The predicted octanol–water partition coefficient (Wildman–Crippen LogP) is 4.76. The van der Waals surface area contributed by atoms with Gasteiger partial charge in [-0.25, -0.2) is 18.6 Å². The predicted molar refractivity (Wildman–Crippen MR) is 107 cm³/mol. The van der Waals surface area contributed by atoms with Crippen LogP contribution in [0.5, 0.6) is 0 Å². The molecule has 3 rings (SSSR count). The minimum Gasteiger partial charge on any atom is -0.466 e. The molecule has 1 aromatic carbocycles. The van der Waals surface area contributed by atoms with Crippen LogP contribution in [0.3, 0.4) is 0 Å². The van der Waals surface area contributed by atoms with Gasteiger partial charge in [0.1, 0.15) is 0 Å². The number of nitrogens with zero attached hydrogens (tertiary/aromatic N) is 2. The summed E-state index contributed by atoms with van der Waals surface area (Å²) in [7, 11) is 0. The van der Waals surface area contributed by atoms with Gasteiger partial charge in [0.05, 0.1) is 18.7 Å². The van der Waals surface area contributed by atoms with Crippen LogP contribution < -0.4 is 10.2 Å². The van der Waals surface area contributed by atoms with Gasteiger partial charge in [0, 0.05) is 23.7 Å². The van der Waals surface area contributed by atoms with Crippen LogP contribution >= 0.6 is 11.3 Å². The second-order valence-electron chi connectivity index (χ2n) is 6.92. The third-order valence-electron chi connectivity index (χ3n) is 4.77. The Morgan fingerprint density at radius 2 is 2.03 bits per heavy atom. The summed E-state index contributed by atoms with van der Waals surface area (Å²) in [5, 5.41) is 4.70. The van der Waals surface area contributed by atoms with Gasteiger partial charge in [0.25, 0.3) is 0 Å². The smallest absolute Gasteiger partial charge is 0.328 e. The molecule has 0 unspecified atom stereocenters. The number of amides is 2. The number of hydrogen-bond acceptors (Lipinski definition) is 5. The molecule has 156 valence electrons. The molecular weight excluding hydrogens is 400 g/mol. The number of thiazole rings is 1. The highest BCUT2D eigenvalue weighted by atomic mass is 32.1. The van der Waals surface area contributed by atoms with E-state index in [9.17, 15) is 18.4 Å². The minimum atomic E-state index is -1.00. The van der Waals surface area contributed by atoms with Gasteiger partial charge in [-0.05, 0) is 37.8 Å². The summed E-state index contributed by atoms with van der Waals surface area (Å²) in [6, 6.07) is 2.96. The van der Waals surface area contributed by atoms with Crippen LogP contribution in [0.4, 0.5) is 24.4 Å². The molecule has 9 heteroatoms. The summed E-state index contributed by atoms with van der Waals surface area (Å²) in [6.07, 6.45) is 4.21. The second-order valence-corrected chi connectivity index (χ2v) is 7.77. The largest absolute Gasteiger partial charge is 0.466 e. The summed E-state index contributed by atoms with van der Waals surface area (Å²) in [6.45, 7) is 2.43. The lowest BCUT2D eigenvalue weighted by atomic mass is 10.1. The molecule has 1 aliphatic carbocycles. The van der Waals surface area contributed by atoms with Crippen molar-refractivity contribution in [1.82, 2.24) is 4.98 Å². The van der Waals surface area contributed by atoms with Crippen molar-refractivity contribution >= 4 is 34.2 Å². The lowest BCUT2D eigenvalue weighted by molar-refractivity contribution is -0.142. The highest BCUT2D eigenvalue weighted by Gasteiger charge is 2.25. The van der Waals surface area contributed by atoms with E-state index in [0.29, 0.717) is 23.3 Å². The third-order valence-corrected chi connectivity index (χ3v) is 5.58. The molecule has 2 aromatic rings. The van der Waals surface area contributed by atoms with Crippen LogP contribution in [0.15, 0.2) is 23.6 Å². The molecule has 6 nitrogen and oxygen atoms in total. The number of esters is 1. The summed E-state index contributed by atoms with van der Waals surface area (Å²) in [5.74, 6) is -2.04. The van der Waals surface area contributed by atoms with Crippen molar-refractivity contribution in [3.05, 3.63) is 40.9 Å². The highest BCUT2D eigenvalue weighted by Crippen LogP contribution is 2.29. The van der Waals surface area contributed by atoms with Gasteiger partial charge < -0.3 is 4.74 Å². The second kappa shape index (κ2) is 9.78. The SMILES string of the molecule is CCOC(=O)Cc1csc(NC(=O)N(CC2CCCC2)c2ccc(F)c(F)c2)n1. The van der Waals surface area contributed by atoms with E-state index in [1.807, 2.05) is 0 Å². The number of anilines is 2. The van der Waals surface area contributed by atoms with E-state index >= 15 is 0 Å². The average Bonchev–Trinajstić information content (AvgIpc) is 3.34. The first kappa shape index (κ1) is 21.2. The molecule has 29 heavy (non-hydrogen) atoms. The zero-order valence-corrected chi connectivity index (χ0v) is 16.9. The van der Waals surface area contributed by atoms with Crippen LogP contribution in [0.1, 0.15) is 38.3 Å². The maximum absolute atomic E-state index is 13.7. The molecule has 0 aliphatic heterocycles. The first-order valence-electron chi connectivity index (χ1n) is 9.60. The standard InChI is InChI=1S/C20H23F2N3O3S/c1-2-28-18(26)9-14-12-29-19(23-14)24-20(27)25(11-13-5-3-4-6-13)15-7-8-16(21)17(22)10-15/h7-8,10,12-13H,2-6,9,11H2,1H3,(H,23,24,27). The molecular formula is C20H23F2N3O3S. The number of benzene rings is 1. The fourth-order valence-corrected chi connectivity index (χ4v) is 4.07. The monoisotopic (exact) mass is 423 g/mol. The molecule has 1 aromatic heterocycles. The van der Waals surface area contributed by atoms with Gasteiger partial charge in [0.15, 0.2) is 16.8 Å². The van der Waals surface area contributed by atoms with Gasteiger partial charge >= 0.3 is 12.0 Å². The fraction of sp³-hybridized carbons (Fsp3) is 0.450. The number of carbonyl (C=O) groups is 2. The summed E-state index contributed by atoms with van der Waals surface area (Å²) in [4.78, 5) is 30.1. The quantitative estimate of drug-likeness (QED) is 0.652. The number of nitrogens with one attached hydrogen (secondary N) is 1. The lowest BCUT2D eigenvalue weighted by Gasteiger charge is -2.25. The molecule has 0 atom stereocenters. The van der Waals surface area contributed by atoms with E-state index in [4.69, 9.17) is 4.74 Å². The minimum absolute atomic E-state index is 0.0230. The van der Waals surface area contributed by atoms with Crippen LogP contribution in [0.2, 0.25) is 0 Å². The Labute approximate surface area is 171 Å². The average molecular weight is 423 g/mol. The molecule has 1 N–H and O–H groups in total. The molecule has 1 fully saturated rings. The van der Waals surface area contributed by atoms with E-state index < -0.39 is 17.7 Å². The van der Waals surface area contributed by atoms with Gasteiger partial charge in [-0.15, -0.1) is 11.3 Å². The van der Waals surface area contributed by atoms with Crippen molar-refractivity contribution in [2.24, 2.45) is 5.92 Å². The topological polar surface area (TPSA) is 71.5 Å². The Balaban J connectivity index is 1.73. The van der Waals surface area contributed by atoms with E-state index in [-0.39, 0.29) is 24.7 Å². The highest BCUT2D eigenvalue weighted by molar-refractivity contribution is 7.14. The van der Waals surface area contributed by atoms with Gasteiger partial charge in [-0.1, -0.05) is 12.8 Å². The van der Waals surface area contributed by atoms with E-state index in [1.54, 1.807) is 12.3 Å². The van der Waals surface area contributed by atoms with E-state index in [2.05, 4.69) is 10.3 Å². The zero-order chi connectivity index (χ0) is 20.8. The number of halogens is 2. The maximum Gasteiger partial charge on any atom is 0.328 e. The lowest BCUT2D eigenvalue weighted by Crippen LogP contribution is -2.38. The Bertz CT molecular complexity index is 868. The number of carbonyl (C=O) groups excluding carboxylic acids is 2. The molecule has 0 radical (unpaired) electrons. The Hall–Kier alpha value is -2.55. The maximum atomic E-state index is 13.7. The molecule has 0 spiro atoms. The normalized spacial score (nSPS) is 14.0. The van der Waals surface area contributed by atoms with Crippen molar-refractivity contribution in [3.63, 3.8) is 0 Å². The fourth-order valence-electron chi connectivity index (χ4n) is 3.37. The van der Waals surface area contributed by atoms with E-state index in [0.717, 1.165) is 37.8 Å². The number of rotatable bonds is 7. The van der Waals surface area contributed by atoms with Crippen molar-refractivity contribution < 1.29 is 23.1 Å². The number of urea groups is 1. The van der Waals surface area contributed by atoms with Crippen LogP contribution in [-0.2, 0) is 16.0 Å². The van der Waals surface area contributed by atoms with Crippen molar-refractivity contribution in [1.29, 1.82) is 0 Å². The van der Waals surface area contributed by atoms with Gasteiger partial charge in [-0.2, -0.15) is 0 Å². The van der Waals surface area contributed by atoms with Gasteiger partial charge in [0.2, 0.25) is 0 Å². The first-order valence-corrected chi connectivity index (χ1v) is 10.5. The Morgan fingerprint density at radius 3 is 2.72 bits per heavy atom. The molecule has 1 heterocycles. The molecule has 1 saturated carbocycles. The summed E-state index contributed by atoms with van der Waals surface area (Å²) in [5.41, 5.74) is 0.788. The van der Waals surface area contributed by atoms with Crippen molar-refractivity contribution in [2.45, 2.75) is 39.0 Å². The Kier molecular flexibility index (Phi) is 7.13. The number of ether oxygens (including phenoxy) is 1. The first-order chi connectivity index (χ1) is 14.0. The molecule has 1 aliphatic rings. The van der Waals surface area contributed by atoms with E-state index in [1.165, 1.54) is 22.3 Å². The van der Waals surface area contributed by atoms with Crippen molar-refractivity contribution in [3.8, 4) is 0 Å². The van der Waals surface area contributed by atoms with Crippen LogP contribution in [-0.4, -0.2) is 30.1 Å². The molecule has 0 bridgehead atoms. The molecule has 0 saturated heterocycles. The van der Waals surface area contributed by atoms with Crippen LogP contribution in [0.25, 0.3) is 0 Å². The number of aromatic nitrogens is 1. The van der Waals surface area contributed by atoms with Gasteiger partial charge in [-0.3, -0.25) is 15.0 Å². The summed E-state index contributed by atoms with van der Waals surface area (Å²) >= 11 is 1.19. The Morgan fingerprint density at radius 1 is 1.28 bits per heavy atom. The van der Waals surface area contributed by atoms with Crippen LogP contribution in [0, 0.1) is 17.6 Å². The summed E-state index contributed by atoms with van der Waals surface area (Å²) < 4.78 is 32.0. The zero-order valence-electron chi connectivity index (χ0n) is 16.1. The third kappa shape index (κ3) is 5.72. The number of hydrogen-bond donors (Lipinski definition) is 1. The van der Waals surface area contributed by atoms with Crippen molar-refractivity contribution in [2.75, 3.05) is 23.4 Å².